The molecule has 3 saturated heterocycles. The normalized spacial score (nSPS) is 18.6. The van der Waals surface area contributed by atoms with Crippen LogP contribution in [0.5, 0.6) is 5.75 Å². The van der Waals surface area contributed by atoms with Crippen LogP contribution in [0.2, 0.25) is 0 Å². The number of imide groups is 1. The van der Waals surface area contributed by atoms with Gasteiger partial charge >= 0.3 is 0 Å². The summed E-state index contributed by atoms with van der Waals surface area (Å²) in [6.07, 6.45) is 9.21. The van der Waals surface area contributed by atoms with Crippen LogP contribution in [0, 0.1) is 0 Å². The van der Waals surface area contributed by atoms with E-state index in [1.807, 2.05) is 12.1 Å². The number of nitrogens with one attached hydrogen (secondary N) is 4. The number of carbonyl (C=O) groups is 3. The number of hydrogen-bond donors (Lipinski definition) is 4. The van der Waals surface area contributed by atoms with Crippen molar-refractivity contribution in [3.63, 3.8) is 0 Å². The van der Waals surface area contributed by atoms with Crippen LogP contribution in [-0.4, -0.2) is 121 Å². The van der Waals surface area contributed by atoms with E-state index in [2.05, 4.69) is 91.4 Å². The van der Waals surface area contributed by atoms with Gasteiger partial charge in [0.25, 0.3) is 5.91 Å². The molecule has 0 spiro atoms. The maximum absolute atomic E-state index is 13.2. The van der Waals surface area contributed by atoms with Crippen LogP contribution in [0.1, 0.15) is 54.1 Å². The number of piperidine rings is 2. The molecule has 4 aliphatic rings. The van der Waals surface area contributed by atoms with Gasteiger partial charge < -0.3 is 30.1 Å². The summed E-state index contributed by atoms with van der Waals surface area (Å²) in [6.45, 7) is 8.00. The number of piperazine rings is 1. The zero-order valence-electron chi connectivity index (χ0n) is 35.7. The number of hydrogen-bond acceptors (Lipinski definition) is 15. The number of anilines is 7. The van der Waals surface area contributed by atoms with Crippen molar-refractivity contribution in [3.8, 4) is 5.75 Å². The van der Waals surface area contributed by atoms with Crippen molar-refractivity contribution in [2.45, 2.75) is 57.7 Å². The predicted molar refractivity (Wildman–Crippen MR) is 248 cm³/mol. The summed E-state index contributed by atoms with van der Waals surface area (Å²) in [5, 5.41) is 8.97. The minimum atomic E-state index is -3.65. The van der Waals surface area contributed by atoms with Crippen molar-refractivity contribution in [3.05, 3.63) is 82.2 Å². The monoisotopic (exact) mass is 952 g/mol. The molecule has 4 N–H and O–H groups in total. The molecule has 18 nitrogen and oxygen atoms in total. The molecule has 3 amide bonds. The lowest BCUT2D eigenvalue weighted by molar-refractivity contribution is -0.136. The smallest absolute Gasteiger partial charge is 0.255 e. The van der Waals surface area contributed by atoms with Crippen molar-refractivity contribution >= 4 is 94.9 Å². The molecule has 334 valence electrons. The summed E-state index contributed by atoms with van der Waals surface area (Å²) in [5.74, 6) is 0.519. The molecular weight excluding hydrogens is 905 g/mol. The molecule has 20 heteroatoms. The molecule has 9 rings (SSSR count). The predicted octanol–water partition coefficient (Wildman–Crippen LogP) is 5.16. The maximum Gasteiger partial charge on any atom is 0.255 e. The quantitative estimate of drug-likeness (QED) is 0.119. The van der Waals surface area contributed by atoms with E-state index in [4.69, 9.17) is 9.72 Å². The average Bonchev–Trinajstić information content (AvgIpc) is 3.62. The number of nitrogens with zero attached hydrogens (tertiary/aromatic N) is 8. The molecule has 1 unspecified atom stereocenters. The van der Waals surface area contributed by atoms with Gasteiger partial charge in [0.05, 0.1) is 40.4 Å². The van der Waals surface area contributed by atoms with Crippen molar-refractivity contribution < 1.29 is 27.5 Å². The Bertz CT molecular complexity index is 2760. The first-order chi connectivity index (χ1) is 30.8. The lowest BCUT2D eigenvalue weighted by atomic mass is 9.99. The van der Waals surface area contributed by atoms with Gasteiger partial charge in [-0.25, -0.2) is 13.4 Å². The summed E-state index contributed by atoms with van der Waals surface area (Å²) in [5.41, 5.74) is 7.26. The van der Waals surface area contributed by atoms with E-state index < -0.39 is 22.0 Å². The fourth-order valence-electron chi connectivity index (χ4n) is 9.23. The van der Waals surface area contributed by atoms with E-state index >= 15 is 0 Å². The van der Waals surface area contributed by atoms with Gasteiger partial charge in [0, 0.05) is 99.9 Å². The number of aryl methyl sites for hydroxylation is 1. The van der Waals surface area contributed by atoms with E-state index in [1.165, 1.54) is 6.20 Å². The Balaban J connectivity index is 0.828. The fourth-order valence-corrected chi connectivity index (χ4v) is 10.1. The molecule has 6 heterocycles. The average molecular weight is 954 g/mol. The lowest BCUT2D eigenvalue weighted by Gasteiger charge is -2.44. The molecule has 64 heavy (non-hydrogen) atoms. The molecule has 3 aromatic carbocycles. The molecule has 0 saturated carbocycles. The highest BCUT2D eigenvalue weighted by Crippen LogP contribution is 2.39. The third-order valence-electron chi connectivity index (χ3n) is 12.5. The van der Waals surface area contributed by atoms with Gasteiger partial charge in [-0.2, -0.15) is 4.98 Å². The van der Waals surface area contributed by atoms with E-state index in [-0.39, 0.29) is 23.9 Å². The number of benzene rings is 3. The lowest BCUT2D eigenvalue weighted by Crippen LogP contribution is -2.53. The molecule has 0 aliphatic carbocycles. The molecular formula is C44H49BrN12O6S. The van der Waals surface area contributed by atoms with Gasteiger partial charge in [0.2, 0.25) is 27.8 Å². The molecule has 5 aromatic rings. The first-order valence-electron chi connectivity index (χ1n) is 21.4. The Morgan fingerprint density at radius 3 is 2.41 bits per heavy atom. The summed E-state index contributed by atoms with van der Waals surface area (Å²) in [7, 11) is -2.01. The molecule has 4 aliphatic heterocycles. The first kappa shape index (κ1) is 43.1. The van der Waals surface area contributed by atoms with Gasteiger partial charge in [-0.05, 0) is 89.1 Å². The number of rotatable bonds is 12. The van der Waals surface area contributed by atoms with Gasteiger partial charge in [-0.3, -0.25) is 39.3 Å². The van der Waals surface area contributed by atoms with Crippen LogP contribution in [-0.2, 0) is 32.6 Å². The highest BCUT2D eigenvalue weighted by atomic mass is 79.9. The maximum atomic E-state index is 13.2. The Labute approximate surface area is 379 Å². The number of carbonyl (C=O) groups excluding carboxylic acids is 3. The Kier molecular flexibility index (Phi) is 12.0. The SMILES string of the molecule is CCc1cc(Nc2ncc(Br)c(Nc3ccc4nccnc4c3NS(C)(=O)=O)n2)c(OC)cc1N1CCC(N2CCN(c3ccc4c(c3)CN(C3CCC(=O)NC3=O)C4=O)CC2)CC1. The van der Waals surface area contributed by atoms with Crippen molar-refractivity contribution in [1.82, 2.24) is 35.1 Å². The number of amides is 3. The van der Waals surface area contributed by atoms with E-state index in [9.17, 15) is 22.8 Å². The number of sulfonamides is 1. The topological polar surface area (TPSA) is 207 Å². The van der Waals surface area contributed by atoms with Crippen LogP contribution < -0.4 is 35.2 Å². The largest absolute Gasteiger partial charge is 0.494 e. The summed E-state index contributed by atoms with van der Waals surface area (Å²) < 4.78 is 33.8. The second kappa shape index (κ2) is 17.8. The van der Waals surface area contributed by atoms with Gasteiger partial charge in [0.1, 0.15) is 23.1 Å². The Morgan fingerprint density at radius 2 is 1.67 bits per heavy atom. The molecule has 3 fully saturated rings. The van der Waals surface area contributed by atoms with Gasteiger partial charge in [0.15, 0.2) is 0 Å². The van der Waals surface area contributed by atoms with E-state index in [0.717, 1.165) is 87.3 Å². The van der Waals surface area contributed by atoms with Crippen LogP contribution in [0.15, 0.2) is 65.5 Å². The zero-order chi connectivity index (χ0) is 44.7. The first-order valence-corrected chi connectivity index (χ1v) is 24.0. The van der Waals surface area contributed by atoms with Gasteiger partial charge in [-0.1, -0.05) is 6.92 Å². The van der Waals surface area contributed by atoms with Crippen molar-refractivity contribution in [1.29, 1.82) is 0 Å². The summed E-state index contributed by atoms with van der Waals surface area (Å²) in [4.78, 5) is 64.4. The number of fused-ring (bicyclic) bond motifs is 2. The zero-order valence-corrected chi connectivity index (χ0v) is 38.1. The standard InChI is InChI=1S/C44H49BrN12O6S/c1-4-26-22-34(50-44-48-24-31(45)41(52-44)49-33-8-7-32-39(47-14-13-46-32)40(33)53-64(3,61)62)37(63-2)23-36(26)56-15-11-28(12-16-56)54-17-19-55(20-18-54)29-5-6-30-27(21-29)25-57(43(30)60)35-9-10-38(58)51-42(35)59/h5-8,13-14,21-24,28,35,53H,4,9-12,15-20,25H2,1-3H3,(H,51,58,59)(H2,48,49,50,52). The van der Waals surface area contributed by atoms with Crippen LogP contribution in [0.25, 0.3) is 11.0 Å². The number of methoxy groups -OCH3 is 1. The fraction of sp³-hybridized carbons (Fsp3) is 0.386. The van der Waals surface area contributed by atoms with Crippen molar-refractivity contribution in [2.75, 3.05) is 77.8 Å². The Hall–Kier alpha value is -6.12. The second-order valence-corrected chi connectivity index (χ2v) is 19.0. The summed E-state index contributed by atoms with van der Waals surface area (Å²) >= 11 is 3.54. The van der Waals surface area contributed by atoms with E-state index in [1.54, 1.807) is 36.5 Å². The van der Waals surface area contributed by atoms with E-state index in [0.29, 0.717) is 69.0 Å². The molecule has 1 atom stereocenters. The molecule has 0 bridgehead atoms. The van der Waals surface area contributed by atoms with Crippen molar-refractivity contribution in [2.24, 2.45) is 0 Å². The highest BCUT2D eigenvalue weighted by molar-refractivity contribution is 9.10. The Morgan fingerprint density at radius 1 is 0.891 bits per heavy atom. The minimum Gasteiger partial charge on any atom is -0.494 e. The third-order valence-corrected chi connectivity index (χ3v) is 13.6. The minimum absolute atomic E-state index is 0.152. The second-order valence-electron chi connectivity index (χ2n) is 16.4. The number of halogens is 1. The van der Waals surface area contributed by atoms with Crippen LogP contribution >= 0.6 is 15.9 Å². The highest BCUT2D eigenvalue weighted by Gasteiger charge is 2.39. The number of aromatic nitrogens is 4. The van der Waals surface area contributed by atoms with Crippen LogP contribution in [0.4, 0.5) is 40.2 Å². The molecule has 0 radical (unpaired) electrons. The molecule has 2 aromatic heterocycles. The van der Waals surface area contributed by atoms with Gasteiger partial charge in [-0.15, -0.1) is 0 Å². The summed E-state index contributed by atoms with van der Waals surface area (Å²) in [6, 6.07) is 13.5. The number of ether oxygens (including phenoxy) is 1. The third kappa shape index (κ3) is 8.85. The van der Waals surface area contributed by atoms with Crippen LogP contribution in [0.3, 0.4) is 0 Å².